The van der Waals surface area contributed by atoms with Crippen molar-refractivity contribution in [2.45, 2.75) is 43.7 Å². The molecule has 1 aromatic carbocycles. The molecule has 1 saturated carbocycles. The molecular formula is C20H22FN5O3. The number of hydrogen-bond acceptors (Lipinski definition) is 6. The third-order valence-corrected chi connectivity index (χ3v) is 5.76. The van der Waals surface area contributed by atoms with Crippen LogP contribution in [0.4, 0.5) is 14.9 Å². The average molecular weight is 399 g/mol. The predicted octanol–water partition coefficient (Wildman–Crippen LogP) is 3.36. The van der Waals surface area contributed by atoms with Crippen LogP contribution in [-0.4, -0.2) is 47.4 Å². The van der Waals surface area contributed by atoms with E-state index in [-0.39, 0.29) is 17.4 Å². The van der Waals surface area contributed by atoms with E-state index in [0.717, 1.165) is 0 Å². The van der Waals surface area contributed by atoms with Crippen molar-refractivity contribution in [3.05, 3.63) is 35.5 Å². The molecule has 1 N–H and O–H groups in total. The molecule has 2 amide bonds. The fraction of sp³-hybridized carbons (Fsp3) is 0.500. The minimum atomic E-state index is -0.880. The number of carbonyl (C=O) groups excluding carboxylic acids is 1. The van der Waals surface area contributed by atoms with E-state index >= 15 is 0 Å². The van der Waals surface area contributed by atoms with Gasteiger partial charge in [0, 0.05) is 18.5 Å². The summed E-state index contributed by atoms with van der Waals surface area (Å²) < 4.78 is 23.7. The minimum absolute atomic E-state index is 0.263. The molecule has 1 aromatic heterocycles. The number of carbonyl (C=O) groups is 1. The zero-order valence-corrected chi connectivity index (χ0v) is 16.3. The number of piperidine rings is 1. The van der Waals surface area contributed by atoms with Crippen LogP contribution in [0.2, 0.25) is 0 Å². The number of ether oxygens (including phenoxy) is 1. The van der Waals surface area contributed by atoms with Crippen molar-refractivity contribution in [1.82, 2.24) is 15.0 Å². The summed E-state index contributed by atoms with van der Waals surface area (Å²) in [6.07, 6.45) is 0.871. The van der Waals surface area contributed by atoms with Crippen LogP contribution in [0.3, 0.4) is 0 Å². The van der Waals surface area contributed by atoms with Crippen LogP contribution in [0.25, 0.3) is 0 Å². The van der Waals surface area contributed by atoms with Gasteiger partial charge < -0.3 is 19.5 Å². The van der Waals surface area contributed by atoms with Crippen molar-refractivity contribution < 1.29 is 18.4 Å². The largest absolute Gasteiger partial charge is 0.495 e. The third-order valence-electron chi connectivity index (χ3n) is 5.76. The first-order chi connectivity index (χ1) is 13.9. The van der Waals surface area contributed by atoms with Crippen LogP contribution in [0.1, 0.15) is 49.4 Å². The van der Waals surface area contributed by atoms with Gasteiger partial charge in [0.1, 0.15) is 23.7 Å². The minimum Gasteiger partial charge on any atom is -0.495 e. The summed E-state index contributed by atoms with van der Waals surface area (Å²) in [4.78, 5) is 18.8. The number of halogens is 1. The molecule has 2 heterocycles. The Morgan fingerprint density at radius 2 is 2.17 bits per heavy atom. The second kappa shape index (κ2) is 7.35. The number of nitrogens with one attached hydrogen (secondary N) is 1. The van der Waals surface area contributed by atoms with E-state index in [4.69, 9.17) is 9.26 Å². The second-order valence-electron chi connectivity index (χ2n) is 7.79. The first-order valence-corrected chi connectivity index (χ1v) is 9.56. The Morgan fingerprint density at radius 1 is 1.45 bits per heavy atom. The molecule has 2 fully saturated rings. The number of aromatic nitrogens is 2. The molecule has 4 rings (SSSR count). The molecule has 1 aliphatic carbocycles. The van der Waals surface area contributed by atoms with E-state index in [9.17, 15) is 14.4 Å². The summed E-state index contributed by atoms with van der Waals surface area (Å²) >= 11 is 0. The third kappa shape index (κ3) is 3.62. The number of amides is 2. The number of anilines is 1. The Balaban J connectivity index is 1.41. The van der Waals surface area contributed by atoms with Crippen molar-refractivity contribution in [3.8, 4) is 11.8 Å². The summed E-state index contributed by atoms with van der Waals surface area (Å²) in [7, 11) is 1.49. The van der Waals surface area contributed by atoms with Crippen LogP contribution < -0.4 is 10.1 Å². The van der Waals surface area contributed by atoms with Gasteiger partial charge in [-0.15, -0.1) is 0 Å². The van der Waals surface area contributed by atoms with Gasteiger partial charge in [-0.1, -0.05) is 18.1 Å². The zero-order valence-electron chi connectivity index (χ0n) is 16.3. The number of para-hydroxylation sites is 1. The number of nitriles is 1. The van der Waals surface area contributed by atoms with Gasteiger partial charge in [-0.3, -0.25) is 0 Å². The SMILES string of the molecule is COc1cccc(C#N)c1NC(=O)N1CCC(C)(c2noc([C@@H]3C[C@@H]3F)n2)CC1. The Hall–Kier alpha value is -3.15. The van der Waals surface area contributed by atoms with Crippen LogP contribution in [0.5, 0.6) is 5.75 Å². The fourth-order valence-electron chi connectivity index (χ4n) is 3.59. The number of urea groups is 1. The highest BCUT2D eigenvalue weighted by Gasteiger charge is 2.45. The van der Waals surface area contributed by atoms with Gasteiger partial charge in [0.25, 0.3) is 0 Å². The summed E-state index contributed by atoms with van der Waals surface area (Å²) in [6.45, 7) is 3.03. The van der Waals surface area contributed by atoms with E-state index in [0.29, 0.717) is 61.1 Å². The fourth-order valence-corrected chi connectivity index (χ4v) is 3.59. The molecule has 0 bridgehead atoms. The lowest BCUT2D eigenvalue weighted by Gasteiger charge is -2.37. The highest BCUT2D eigenvalue weighted by Crippen LogP contribution is 2.43. The van der Waals surface area contributed by atoms with Gasteiger partial charge in [0.15, 0.2) is 5.82 Å². The quantitative estimate of drug-likeness (QED) is 0.845. The first kappa shape index (κ1) is 19.2. The molecule has 0 radical (unpaired) electrons. The van der Waals surface area contributed by atoms with Crippen molar-refractivity contribution >= 4 is 11.7 Å². The monoisotopic (exact) mass is 399 g/mol. The summed E-state index contributed by atoms with van der Waals surface area (Å²) in [5.41, 5.74) is 0.371. The van der Waals surface area contributed by atoms with Crippen LogP contribution in [0.15, 0.2) is 22.7 Å². The van der Waals surface area contributed by atoms with Gasteiger partial charge in [-0.2, -0.15) is 10.2 Å². The molecule has 1 saturated heterocycles. The van der Waals surface area contributed by atoms with Gasteiger partial charge in [0.05, 0.1) is 18.6 Å². The van der Waals surface area contributed by atoms with E-state index in [1.54, 1.807) is 23.1 Å². The summed E-state index contributed by atoms with van der Waals surface area (Å²) in [5.74, 6) is 1.11. The van der Waals surface area contributed by atoms with Crippen molar-refractivity contribution in [3.63, 3.8) is 0 Å². The second-order valence-corrected chi connectivity index (χ2v) is 7.79. The molecule has 2 aliphatic rings. The molecular weight excluding hydrogens is 377 g/mol. The molecule has 8 nitrogen and oxygen atoms in total. The Bertz CT molecular complexity index is 961. The smallest absolute Gasteiger partial charge is 0.321 e. The highest BCUT2D eigenvalue weighted by molar-refractivity contribution is 5.92. The van der Waals surface area contributed by atoms with E-state index in [2.05, 4.69) is 21.5 Å². The lowest BCUT2D eigenvalue weighted by molar-refractivity contribution is 0.169. The number of alkyl halides is 1. The summed E-state index contributed by atoms with van der Waals surface area (Å²) in [5, 5.41) is 16.2. The Labute approximate surface area is 167 Å². The lowest BCUT2D eigenvalue weighted by Crippen LogP contribution is -2.46. The number of methoxy groups -OCH3 is 1. The van der Waals surface area contributed by atoms with Crippen LogP contribution in [-0.2, 0) is 5.41 Å². The van der Waals surface area contributed by atoms with Crippen LogP contribution >= 0.6 is 0 Å². The maximum Gasteiger partial charge on any atom is 0.321 e. The van der Waals surface area contributed by atoms with E-state index in [1.165, 1.54) is 7.11 Å². The maximum atomic E-state index is 13.2. The molecule has 9 heteroatoms. The summed E-state index contributed by atoms with van der Waals surface area (Å²) in [6, 6.07) is 6.79. The van der Waals surface area contributed by atoms with Gasteiger partial charge in [-0.25, -0.2) is 9.18 Å². The first-order valence-electron chi connectivity index (χ1n) is 9.56. The average Bonchev–Trinajstić information content (AvgIpc) is 3.25. The molecule has 0 unspecified atom stereocenters. The Kier molecular flexibility index (Phi) is 4.86. The van der Waals surface area contributed by atoms with Crippen molar-refractivity contribution in [1.29, 1.82) is 5.26 Å². The van der Waals surface area contributed by atoms with E-state index in [1.807, 2.05) is 6.92 Å². The number of nitrogens with zero attached hydrogens (tertiary/aromatic N) is 4. The maximum absolute atomic E-state index is 13.2. The molecule has 1 aliphatic heterocycles. The topological polar surface area (TPSA) is 104 Å². The molecule has 0 spiro atoms. The van der Waals surface area contributed by atoms with Gasteiger partial charge in [-0.05, 0) is 31.4 Å². The molecule has 2 atom stereocenters. The van der Waals surface area contributed by atoms with E-state index < -0.39 is 6.17 Å². The number of rotatable bonds is 4. The highest BCUT2D eigenvalue weighted by atomic mass is 19.1. The van der Waals surface area contributed by atoms with Gasteiger partial charge in [0.2, 0.25) is 5.89 Å². The lowest BCUT2D eigenvalue weighted by atomic mass is 9.80. The predicted molar refractivity (Wildman–Crippen MR) is 101 cm³/mol. The van der Waals surface area contributed by atoms with Crippen molar-refractivity contribution in [2.75, 3.05) is 25.5 Å². The molecule has 152 valence electrons. The number of hydrogen-bond donors (Lipinski definition) is 1. The number of likely N-dealkylation sites (tertiary alicyclic amines) is 1. The standard InChI is InChI=1S/C20H22FN5O3/c1-20(18-24-17(29-25-18)13-10-14(13)21)6-8-26(9-7-20)19(27)23-16-12(11-22)4-3-5-15(16)28-2/h3-5,13-14H,6-10H2,1-2H3,(H,23,27)/t13-,14+/m1/s1. The Morgan fingerprint density at radius 3 is 2.79 bits per heavy atom. The van der Waals surface area contributed by atoms with Crippen molar-refractivity contribution in [2.24, 2.45) is 0 Å². The normalized spacial score (nSPS) is 22.6. The van der Waals surface area contributed by atoms with Crippen LogP contribution in [0, 0.1) is 11.3 Å². The molecule has 2 aromatic rings. The molecule has 29 heavy (non-hydrogen) atoms. The number of benzene rings is 1. The van der Waals surface area contributed by atoms with Gasteiger partial charge >= 0.3 is 6.03 Å². The zero-order chi connectivity index (χ0) is 20.6.